The van der Waals surface area contributed by atoms with Crippen LogP contribution in [0.2, 0.25) is 0 Å². The summed E-state index contributed by atoms with van der Waals surface area (Å²) in [6.45, 7) is 1.92. The third kappa shape index (κ3) is 6.76. The molecule has 1 aliphatic rings. The number of carboxylic acids is 1. The van der Waals surface area contributed by atoms with E-state index in [2.05, 4.69) is 14.7 Å². The number of hydrogen-bond donors (Lipinski definition) is 3. The van der Waals surface area contributed by atoms with Gasteiger partial charge in [-0.05, 0) is 47.5 Å². The van der Waals surface area contributed by atoms with Crippen LogP contribution in [0.4, 0.5) is 5.69 Å². The van der Waals surface area contributed by atoms with E-state index < -0.39 is 34.5 Å². The van der Waals surface area contributed by atoms with Crippen molar-refractivity contribution in [2.24, 2.45) is 5.92 Å². The van der Waals surface area contributed by atoms with E-state index in [9.17, 15) is 23.4 Å². The molecule has 0 saturated carbocycles. The molecule has 2 aromatic heterocycles. The van der Waals surface area contributed by atoms with E-state index in [0.717, 1.165) is 11.1 Å². The Labute approximate surface area is 270 Å². The predicted molar refractivity (Wildman–Crippen MR) is 174 cm³/mol. The number of sulfonamides is 1. The van der Waals surface area contributed by atoms with E-state index in [4.69, 9.17) is 9.47 Å². The number of nitrogens with zero attached hydrogens (tertiary/aromatic N) is 2. The van der Waals surface area contributed by atoms with Gasteiger partial charge in [0.1, 0.15) is 9.92 Å². The number of para-hydroxylation sites is 1. The van der Waals surface area contributed by atoms with Crippen LogP contribution in [0.3, 0.4) is 0 Å². The van der Waals surface area contributed by atoms with E-state index >= 15 is 0 Å². The fourth-order valence-electron chi connectivity index (χ4n) is 5.39. The highest BCUT2D eigenvalue weighted by Gasteiger charge is 2.38. The maximum Gasteiger partial charge on any atom is 0.338 e. The summed E-state index contributed by atoms with van der Waals surface area (Å²) in [7, 11) is -3.99. The monoisotopic (exact) mass is 657 g/mol. The van der Waals surface area contributed by atoms with Crippen LogP contribution in [0, 0.1) is 5.92 Å². The summed E-state index contributed by atoms with van der Waals surface area (Å²) in [4.78, 5) is 20.4. The van der Waals surface area contributed by atoms with Gasteiger partial charge < -0.3 is 19.7 Å². The van der Waals surface area contributed by atoms with Crippen LogP contribution in [-0.2, 0) is 26.1 Å². The van der Waals surface area contributed by atoms with Crippen LogP contribution in [-0.4, -0.2) is 46.4 Å². The van der Waals surface area contributed by atoms with Crippen LogP contribution in [0.15, 0.2) is 113 Å². The number of ether oxygens (including phenoxy) is 2. The van der Waals surface area contributed by atoms with Gasteiger partial charge in [0.2, 0.25) is 0 Å². The summed E-state index contributed by atoms with van der Waals surface area (Å²) in [5.74, 6) is -0.819. The molecule has 4 unspecified atom stereocenters. The molecule has 3 N–H and O–H groups in total. The minimum absolute atomic E-state index is 0.0636. The highest BCUT2D eigenvalue weighted by molar-refractivity contribution is 7.99. The number of aromatic carboxylic acids is 1. The van der Waals surface area contributed by atoms with Gasteiger partial charge >= 0.3 is 5.97 Å². The summed E-state index contributed by atoms with van der Waals surface area (Å²) >= 11 is 1.29. The van der Waals surface area contributed by atoms with Gasteiger partial charge in [-0.3, -0.25) is 9.71 Å². The van der Waals surface area contributed by atoms with Crippen molar-refractivity contribution in [3.05, 3.63) is 126 Å². The van der Waals surface area contributed by atoms with Crippen molar-refractivity contribution in [1.29, 1.82) is 0 Å². The van der Waals surface area contributed by atoms with Crippen molar-refractivity contribution in [2.75, 3.05) is 10.5 Å². The molecular weight excluding hydrogens is 627 g/mol. The van der Waals surface area contributed by atoms with Gasteiger partial charge in [0.05, 0.1) is 29.9 Å². The number of carbonyl (C=O) groups is 1. The zero-order valence-corrected chi connectivity index (χ0v) is 26.3. The Kier molecular flexibility index (Phi) is 9.34. The Hall–Kier alpha value is -4.33. The molecule has 5 aromatic rings. The Bertz CT molecular complexity index is 1970. The molecule has 0 bridgehead atoms. The zero-order valence-electron chi connectivity index (χ0n) is 24.7. The number of benzene rings is 3. The van der Waals surface area contributed by atoms with Crippen molar-refractivity contribution in [2.45, 2.75) is 42.0 Å². The summed E-state index contributed by atoms with van der Waals surface area (Å²) in [5, 5.41) is 20.3. The Morgan fingerprint density at radius 2 is 1.65 bits per heavy atom. The van der Waals surface area contributed by atoms with Crippen molar-refractivity contribution in [1.82, 2.24) is 9.97 Å². The van der Waals surface area contributed by atoms with Gasteiger partial charge in [-0.15, -0.1) is 11.8 Å². The van der Waals surface area contributed by atoms with Crippen LogP contribution < -0.4 is 4.72 Å². The number of fused-ring (bicyclic) bond motifs is 1. The molecule has 0 radical (unpaired) electrons. The summed E-state index contributed by atoms with van der Waals surface area (Å²) < 4.78 is 42.7. The van der Waals surface area contributed by atoms with Gasteiger partial charge in [-0.2, -0.15) is 0 Å². The molecule has 6 rings (SSSR count). The number of aliphatic hydroxyl groups excluding tert-OH is 1. The highest BCUT2D eigenvalue weighted by atomic mass is 32.2. The average Bonchev–Trinajstić information content (AvgIpc) is 3.07. The van der Waals surface area contributed by atoms with Crippen molar-refractivity contribution >= 4 is 44.3 Å². The van der Waals surface area contributed by atoms with Crippen LogP contribution >= 0.6 is 11.8 Å². The van der Waals surface area contributed by atoms with E-state index in [1.807, 2.05) is 31.2 Å². The molecule has 3 aromatic carbocycles. The van der Waals surface area contributed by atoms with Gasteiger partial charge in [0, 0.05) is 40.7 Å². The normalized spacial score (nSPS) is 20.0. The quantitative estimate of drug-likeness (QED) is 0.148. The predicted octanol–water partition coefficient (Wildman–Crippen LogP) is 6.20. The standard InChI is InChI=1S/C34H31N3O7S2/c1-21-28(20-45-32-27(33(39)40)10-5-17-36-32)43-34(44-31(21)24-14-12-22(19-38)13-15-24)25-7-2-9-26(18-25)37-46(41,42)29-11-3-6-23-8-4-16-35-30(23)29/h2-18,21,28,31,34,37-38H,19-20H2,1H3,(H,39,40). The molecule has 12 heteroatoms. The molecule has 0 amide bonds. The molecule has 0 spiro atoms. The first-order valence-electron chi connectivity index (χ1n) is 14.5. The first-order chi connectivity index (χ1) is 22.2. The molecule has 4 atom stereocenters. The number of carboxylic acid groups (broad SMARTS) is 1. The van der Waals surface area contributed by atoms with E-state index in [0.29, 0.717) is 32.9 Å². The molecule has 0 aliphatic carbocycles. The molecule has 46 heavy (non-hydrogen) atoms. The van der Waals surface area contributed by atoms with Gasteiger partial charge in [-0.25, -0.2) is 18.2 Å². The topological polar surface area (TPSA) is 148 Å². The average molecular weight is 658 g/mol. The second-order valence-electron chi connectivity index (χ2n) is 10.9. The number of thioether (sulfide) groups is 1. The lowest BCUT2D eigenvalue weighted by Gasteiger charge is -2.41. The number of hydrogen-bond acceptors (Lipinski definition) is 9. The van der Waals surface area contributed by atoms with Gasteiger partial charge in [0.15, 0.2) is 6.29 Å². The van der Waals surface area contributed by atoms with E-state index in [-0.39, 0.29) is 23.0 Å². The van der Waals surface area contributed by atoms with Crippen LogP contribution in [0.1, 0.15) is 46.4 Å². The van der Waals surface area contributed by atoms with Crippen LogP contribution in [0.25, 0.3) is 10.9 Å². The minimum atomic E-state index is -3.99. The molecule has 10 nitrogen and oxygen atoms in total. The number of anilines is 1. The third-order valence-electron chi connectivity index (χ3n) is 7.81. The van der Waals surface area contributed by atoms with Crippen molar-refractivity contribution in [3.63, 3.8) is 0 Å². The molecule has 236 valence electrons. The molecular formula is C34H31N3O7S2. The SMILES string of the molecule is CC1C(CSc2ncccc2C(=O)O)OC(c2cccc(NS(=O)(=O)c3cccc4cccnc34)c2)OC1c1ccc(CO)cc1. The second kappa shape index (κ2) is 13.6. The molecule has 1 fully saturated rings. The first-order valence-corrected chi connectivity index (χ1v) is 17.0. The number of pyridine rings is 2. The van der Waals surface area contributed by atoms with E-state index in [1.165, 1.54) is 23.9 Å². The summed E-state index contributed by atoms with van der Waals surface area (Å²) in [5.41, 5.74) is 3.06. The highest BCUT2D eigenvalue weighted by Crippen LogP contribution is 2.43. The summed E-state index contributed by atoms with van der Waals surface area (Å²) in [6.07, 6.45) is 1.44. The largest absolute Gasteiger partial charge is 0.478 e. The fraction of sp³-hybridized carbons (Fsp3) is 0.206. The lowest BCUT2D eigenvalue weighted by molar-refractivity contribution is -0.268. The van der Waals surface area contributed by atoms with Crippen molar-refractivity contribution < 1.29 is 32.9 Å². The summed E-state index contributed by atoms with van der Waals surface area (Å²) in [6, 6.07) is 26.0. The lowest BCUT2D eigenvalue weighted by atomic mass is 9.91. The first kappa shape index (κ1) is 31.6. The zero-order chi connectivity index (χ0) is 32.3. The maximum absolute atomic E-state index is 13.5. The third-order valence-corrected chi connectivity index (χ3v) is 10.3. The Balaban J connectivity index is 1.29. The van der Waals surface area contributed by atoms with Gasteiger partial charge in [0.25, 0.3) is 10.0 Å². The number of rotatable bonds is 10. The fourth-order valence-corrected chi connectivity index (χ4v) is 7.77. The Morgan fingerprint density at radius 3 is 2.43 bits per heavy atom. The minimum Gasteiger partial charge on any atom is -0.478 e. The Morgan fingerprint density at radius 1 is 0.913 bits per heavy atom. The second-order valence-corrected chi connectivity index (χ2v) is 13.5. The molecule has 1 aliphatic heterocycles. The van der Waals surface area contributed by atoms with E-state index in [1.54, 1.807) is 67.0 Å². The van der Waals surface area contributed by atoms with Crippen molar-refractivity contribution in [3.8, 4) is 0 Å². The number of aromatic nitrogens is 2. The smallest absolute Gasteiger partial charge is 0.338 e. The number of aliphatic hydroxyl groups is 1. The maximum atomic E-state index is 13.5. The lowest BCUT2D eigenvalue weighted by Crippen LogP contribution is -2.38. The number of nitrogens with one attached hydrogen (secondary N) is 1. The molecule has 3 heterocycles. The molecule has 1 saturated heterocycles. The van der Waals surface area contributed by atoms with Gasteiger partial charge in [-0.1, -0.05) is 61.5 Å². The van der Waals surface area contributed by atoms with Crippen LogP contribution in [0.5, 0.6) is 0 Å².